The molecule has 0 aromatic rings. The molecule has 0 aromatic heterocycles. The summed E-state index contributed by atoms with van der Waals surface area (Å²) >= 11 is 0. The number of rotatable bonds is 6. The minimum Gasteiger partial charge on any atom is -0.379 e. The Balaban J connectivity index is 3.15. The molecule has 0 amide bonds. The Bertz CT molecular complexity index is 104. The molecule has 1 nitrogen and oxygen atoms in total. The van der Waals surface area contributed by atoms with Gasteiger partial charge in [0.2, 0.25) is 0 Å². The Kier molecular flexibility index (Phi) is 7.36. The fourth-order valence-corrected chi connectivity index (χ4v) is 0.669. The highest BCUT2D eigenvalue weighted by atomic mass is 19.1. The predicted molar refractivity (Wildman–Crippen MR) is 40.9 cm³/mol. The van der Waals surface area contributed by atoms with Gasteiger partial charge in [-0.15, -0.1) is 0 Å². The molecule has 0 radical (unpaired) electrons. The number of ether oxygens (including phenoxy) is 1. The molecule has 0 bridgehead atoms. The van der Waals surface area contributed by atoms with Crippen molar-refractivity contribution in [1.82, 2.24) is 0 Å². The molecule has 0 saturated carbocycles. The van der Waals surface area contributed by atoms with E-state index >= 15 is 0 Å². The first-order valence-electron chi connectivity index (χ1n) is 3.78. The first-order chi connectivity index (χ1) is 5.31. The number of allylic oxidation sites excluding steroid dienone is 1. The van der Waals surface area contributed by atoms with E-state index in [9.17, 15) is 8.78 Å². The molecule has 3 heteroatoms. The summed E-state index contributed by atoms with van der Waals surface area (Å²) in [4.78, 5) is 0. The van der Waals surface area contributed by atoms with Crippen molar-refractivity contribution in [3.05, 3.63) is 12.4 Å². The molecule has 1 unspecified atom stereocenters. The molecule has 1 atom stereocenters. The molecule has 0 aromatic carbocycles. The molecule has 0 spiro atoms. The van der Waals surface area contributed by atoms with E-state index in [1.165, 1.54) is 6.08 Å². The smallest absolute Gasteiger partial charge is 0.124 e. The molecule has 0 heterocycles. The van der Waals surface area contributed by atoms with Gasteiger partial charge in [-0.25, -0.2) is 8.78 Å². The van der Waals surface area contributed by atoms with Crippen molar-refractivity contribution in [1.29, 1.82) is 0 Å². The van der Waals surface area contributed by atoms with E-state index in [0.717, 1.165) is 0 Å². The van der Waals surface area contributed by atoms with Gasteiger partial charge in [0.1, 0.15) is 6.17 Å². The van der Waals surface area contributed by atoms with Crippen LogP contribution in [0.5, 0.6) is 0 Å². The lowest BCUT2D eigenvalue weighted by Gasteiger charge is -2.05. The van der Waals surface area contributed by atoms with Crippen molar-refractivity contribution in [2.45, 2.75) is 25.9 Å². The van der Waals surface area contributed by atoms with Crippen LogP contribution in [-0.2, 0) is 4.74 Å². The molecular weight excluding hydrogens is 150 g/mol. The minimum absolute atomic E-state index is 0.122. The highest BCUT2D eigenvalue weighted by Gasteiger charge is 2.03. The van der Waals surface area contributed by atoms with Gasteiger partial charge < -0.3 is 4.74 Å². The van der Waals surface area contributed by atoms with E-state index in [4.69, 9.17) is 4.74 Å². The van der Waals surface area contributed by atoms with Crippen LogP contribution in [0.15, 0.2) is 12.4 Å². The van der Waals surface area contributed by atoms with E-state index < -0.39 is 6.17 Å². The topological polar surface area (TPSA) is 9.23 Å². The minimum atomic E-state index is -0.967. The van der Waals surface area contributed by atoms with Crippen LogP contribution in [0.3, 0.4) is 0 Å². The molecule has 0 fully saturated rings. The van der Waals surface area contributed by atoms with Gasteiger partial charge in [0.25, 0.3) is 0 Å². The van der Waals surface area contributed by atoms with Crippen molar-refractivity contribution in [2.75, 3.05) is 13.2 Å². The van der Waals surface area contributed by atoms with Crippen molar-refractivity contribution in [3.8, 4) is 0 Å². The van der Waals surface area contributed by atoms with Gasteiger partial charge in [-0.2, -0.15) is 0 Å². The Hall–Kier alpha value is -0.440. The maximum atomic E-state index is 12.6. The van der Waals surface area contributed by atoms with Crippen LogP contribution in [-0.4, -0.2) is 19.4 Å². The van der Waals surface area contributed by atoms with Crippen molar-refractivity contribution in [2.24, 2.45) is 0 Å². The molecular formula is C8H14F2O. The van der Waals surface area contributed by atoms with Crippen molar-refractivity contribution in [3.63, 3.8) is 0 Å². The van der Waals surface area contributed by atoms with Crippen LogP contribution in [0.2, 0.25) is 0 Å². The summed E-state index contributed by atoms with van der Waals surface area (Å²) in [5.74, 6) is 0. The quantitative estimate of drug-likeness (QED) is 0.586. The molecule has 0 N–H and O–H groups in total. The fourth-order valence-electron chi connectivity index (χ4n) is 0.669. The summed E-state index contributed by atoms with van der Waals surface area (Å²) in [5.41, 5.74) is 0. The van der Waals surface area contributed by atoms with E-state index in [-0.39, 0.29) is 6.61 Å². The molecule has 0 aliphatic rings. The third kappa shape index (κ3) is 7.46. The zero-order valence-corrected chi connectivity index (χ0v) is 6.72. The fraction of sp³-hybridized carbons (Fsp3) is 0.750. The maximum absolute atomic E-state index is 12.6. The van der Waals surface area contributed by atoms with E-state index in [2.05, 4.69) is 0 Å². The highest BCUT2D eigenvalue weighted by molar-refractivity contribution is 4.73. The summed E-state index contributed by atoms with van der Waals surface area (Å²) in [6.45, 7) is 2.46. The summed E-state index contributed by atoms with van der Waals surface area (Å²) in [6, 6.07) is 0. The molecule has 11 heavy (non-hydrogen) atoms. The lowest BCUT2D eigenvalue weighted by molar-refractivity contribution is 0.0863. The number of hydrogen-bond acceptors (Lipinski definition) is 1. The lowest BCUT2D eigenvalue weighted by atomic mass is 10.2. The highest BCUT2D eigenvalue weighted by Crippen LogP contribution is 2.03. The monoisotopic (exact) mass is 164 g/mol. The zero-order chi connectivity index (χ0) is 8.53. The largest absolute Gasteiger partial charge is 0.379 e. The number of alkyl halides is 1. The Morgan fingerprint density at radius 1 is 1.55 bits per heavy atom. The van der Waals surface area contributed by atoms with Crippen LogP contribution in [0, 0.1) is 0 Å². The normalized spacial score (nSPS) is 14.1. The van der Waals surface area contributed by atoms with Gasteiger partial charge in [0, 0.05) is 6.61 Å². The Morgan fingerprint density at radius 3 is 2.82 bits per heavy atom. The Labute approximate surface area is 66.0 Å². The standard InChI is InChI=1S/C8H14F2O/c1-2-11-7-8(10)5-3-4-6-9/h4,6,8H,2-3,5,7H2,1H3. The van der Waals surface area contributed by atoms with Crippen LogP contribution < -0.4 is 0 Å². The summed E-state index contributed by atoms with van der Waals surface area (Å²) in [6.07, 6.45) is 1.54. The Morgan fingerprint density at radius 2 is 2.27 bits per heavy atom. The second-order valence-corrected chi connectivity index (χ2v) is 2.20. The molecule has 0 rings (SSSR count). The van der Waals surface area contributed by atoms with Crippen LogP contribution in [0.1, 0.15) is 19.8 Å². The first kappa shape index (κ1) is 10.6. The summed E-state index contributed by atoms with van der Waals surface area (Å²) < 4.78 is 28.8. The van der Waals surface area contributed by atoms with E-state index in [1.54, 1.807) is 0 Å². The SMILES string of the molecule is CCOCC(F)CCC=CF. The average Bonchev–Trinajstić information content (AvgIpc) is 2.01. The predicted octanol–water partition coefficient (Wildman–Crippen LogP) is 2.62. The van der Waals surface area contributed by atoms with Crippen molar-refractivity contribution >= 4 is 0 Å². The van der Waals surface area contributed by atoms with Crippen LogP contribution in [0.4, 0.5) is 8.78 Å². The zero-order valence-electron chi connectivity index (χ0n) is 6.72. The van der Waals surface area contributed by atoms with Gasteiger partial charge in [0.05, 0.1) is 12.9 Å². The summed E-state index contributed by atoms with van der Waals surface area (Å²) in [7, 11) is 0. The van der Waals surface area contributed by atoms with Gasteiger partial charge >= 0.3 is 0 Å². The first-order valence-corrected chi connectivity index (χ1v) is 3.78. The van der Waals surface area contributed by atoms with E-state index in [1.807, 2.05) is 6.92 Å². The number of halogens is 2. The van der Waals surface area contributed by atoms with Gasteiger partial charge in [0.15, 0.2) is 0 Å². The second kappa shape index (κ2) is 7.66. The molecule has 0 aliphatic heterocycles. The summed E-state index contributed by atoms with van der Waals surface area (Å²) in [5, 5.41) is 0. The second-order valence-electron chi connectivity index (χ2n) is 2.20. The van der Waals surface area contributed by atoms with Gasteiger partial charge in [-0.3, -0.25) is 0 Å². The number of hydrogen-bond donors (Lipinski definition) is 0. The van der Waals surface area contributed by atoms with E-state index in [0.29, 0.717) is 25.8 Å². The lowest BCUT2D eigenvalue weighted by Crippen LogP contribution is -2.09. The molecule has 0 aliphatic carbocycles. The van der Waals surface area contributed by atoms with Crippen LogP contribution in [0.25, 0.3) is 0 Å². The van der Waals surface area contributed by atoms with Gasteiger partial charge in [-0.05, 0) is 19.8 Å². The third-order valence-corrected chi connectivity index (χ3v) is 1.24. The maximum Gasteiger partial charge on any atom is 0.124 e. The van der Waals surface area contributed by atoms with Gasteiger partial charge in [-0.1, -0.05) is 6.08 Å². The molecule has 66 valence electrons. The van der Waals surface area contributed by atoms with Crippen LogP contribution >= 0.6 is 0 Å². The third-order valence-electron chi connectivity index (χ3n) is 1.24. The van der Waals surface area contributed by atoms with Crippen molar-refractivity contribution < 1.29 is 13.5 Å². The average molecular weight is 164 g/mol. The molecule has 0 saturated heterocycles.